The predicted molar refractivity (Wildman–Crippen MR) is 94.7 cm³/mol. The second-order valence-electron chi connectivity index (χ2n) is 8.00. The van der Waals surface area contributed by atoms with Crippen LogP contribution < -0.4 is 0 Å². The first-order valence-electron chi connectivity index (χ1n) is 9.10. The van der Waals surface area contributed by atoms with Crippen molar-refractivity contribution in [2.24, 2.45) is 11.3 Å². The SMILES string of the molecule is COC(=O)c1ccc(C(O)C2CCC3=C(C2)C(C)(C)CCC3)cc1F. The van der Waals surface area contributed by atoms with Crippen LogP contribution in [-0.4, -0.2) is 18.2 Å². The molecule has 1 aromatic carbocycles. The van der Waals surface area contributed by atoms with E-state index >= 15 is 0 Å². The molecule has 3 rings (SSSR count). The Morgan fingerprint density at radius 1 is 1.36 bits per heavy atom. The fourth-order valence-electron chi connectivity index (χ4n) is 4.48. The largest absolute Gasteiger partial charge is 0.465 e. The van der Waals surface area contributed by atoms with Crippen LogP contribution in [0.3, 0.4) is 0 Å². The van der Waals surface area contributed by atoms with Crippen molar-refractivity contribution in [2.75, 3.05) is 7.11 Å². The minimum absolute atomic E-state index is 0.0968. The highest BCUT2D eigenvalue weighted by Crippen LogP contribution is 2.50. The second-order valence-corrected chi connectivity index (χ2v) is 8.00. The maximum Gasteiger partial charge on any atom is 0.340 e. The van der Waals surface area contributed by atoms with Gasteiger partial charge in [-0.05, 0) is 67.6 Å². The lowest BCUT2D eigenvalue weighted by molar-refractivity contribution is 0.0594. The van der Waals surface area contributed by atoms with Gasteiger partial charge in [0.1, 0.15) is 5.82 Å². The monoisotopic (exact) mass is 346 g/mol. The van der Waals surface area contributed by atoms with Gasteiger partial charge in [0.25, 0.3) is 0 Å². The fraction of sp³-hybridized carbons (Fsp3) is 0.571. The standard InChI is InChI=1S/C21H27FO3/c1-21(2)10-4-5-13-6-7-14(11-17(13)21)19(23)15-8-9-16(18(22)12-15)20(24)25-3/h8-9,12,14,19,23H,4-7,10-11H2,1-3H3. The highest BCUT2D eigenvalue weighted by atomic mass is 19.1. The van der Waals surface area contributed by atoms with E-state index in [9.17, 15) is 14.3 Å². The van der Waals surface area contributed by atoms with Crippen LogP contribution >= 0.6 is 0 Å². The molecule has 2 atom stereocenters. The van der Waals surface area contributed by atoms with E-state index in [2.05, 4.69) is 18.6 Å². The molecule has 0 heterocycles. The van der Waals surface area contributed by atoms with Gasteiger partial charge in [0.05, 0.1) is 18.8 Å². The highest BCUT2D eigenvalue weighted by molar-refractivity contribution is 5.89. The Kier molecular flexibility index (Phi) is 5.01. The van der Waals surface area contributed by atoms with E-state index in [0.29, 0.717) is 5.56 Å². The zero-order chi connectivity index (χ0) is 18.2. The smallest absolute Gasteiger partial charge is 0.340 e. The molecule has 0 bridgehead atoms. The third-order valence-electron chi connectivity index (χ3n) is 5.99. The number of carbonyl (C=O) groups is 1. The molecule has 1 aromatic rings. The van der Waals surface area contributed by atoms with Gasteiger partial charge in [-0.25, -0.2) is 9.18 Å². The lowest BCUT2D eigenvalue weighted by Gasteiger charge is -2.41. The molecule has 0 fully saturated rings. The summed E-state index contributed by atoms with van der Waals surface area (Å²) in [5.41, 5.74) is 3.72. The summed E-state index contributed by atoms with van der Waals surface area (Å²) >= 11 is 0. The molecule has 2 aliphatic rings. The van der Waals surface area contributed by atoms with Gasteiger partial charge in [0.15, 0.2) is 0 Å². The van der Waals surface area contributed by atoms with Gasteiger partial charge in [-0.2, -0.15) is 0 Å². The van der Waals surface area contributed by atoms with Gasteiger partial charge in [-0.3, -0.25) is 0 Å². The van der Waals surface area contributed by atoms with Crippen molar-refractivity contribution in [3.8, 4) is 0 Å². The number of esters is 1. The topological polar surface area (TPSA) is 46.5 Å². The van der Waals surface area contributed by atoms with E-state index in [-0.39, 0.29) is 16.9 Å². The fourth-order valence-corrected chi connectivity index (χ4v) is 4.48. The maximum absolute atomic E-state index is 14.2. The summed E-state index contributed by atoms with van der Waals surface area (Å²) in [5, 5.41) is 10.8. The molecule has 0 amide bonds. The number of aliphatic hydroxyl groups is 1. The molecule has 2 aliphatic carbocycles. The average Bonchev–Trinajstić information content (AvgIpc) is 2.60. The van der Waals surface area contributed by atoms with Crippen LogP contribution in [0.2, 0.25) is 0 Å². The van der Waals surface area contributed by atoms with E-state index in [0.717, 1.165) is 19.3 Å². The number of aliphatic hydroxyl groups excluding tert-OH is 1. The number of methoxy groups -OCH3 is 1. The molecule has 0 saturated carbocycles. The first-order chi connectivity index (χ1) is 11.8. The number of benzene rings is 1. The van der Waals surface area contributed by atoms with Crippen molar-refractivity contribution in [1.29, 1.82) is 0 Å². The lowest BCUT2D eigenvalue weighted by atomic mass is 9.64. The van der Waals surface area contributed by atoms with Gasteiger partial charge in [-0.15, -0.1) is 0 Å². The molecule has 0 aliphatic heterocycles. The van der Waals surface area contributed by atoms with Crippen LogP contribution in [0, 0.1) is 17.2 Å². The first kappa shape index (κ1) is 18.1. The van der Waals surface area contributed by atoms with Crippen LogP contribution in [0.1, 0.15) is 74.4 Å². The van der Waals surface area contributed by atoms with Crippen LogP contribution in [0.4, 0.5) is 4.39 Å². The van der Waals surface area contributed by atoms with Crippen LogP contribution in [0.25, 0.3) is 0 Å². The second kappa shape index (κ2) is 6.91. The van der Waals surface area contributed by atoms with Crippen LogP contribution in [0.15, 0.2) is 29.3 Å². The van der Waals surface area contributed by atoms with Crippen LogP contribution in [0.5, 0.6) is 0 Å². The molecule has 25 heavy (non-hydrogen) atoms. The predicted octanol–water partition coefficient (Wildman–Crippen LogP) is 4.95. The van der Waals surface area contributed by atoms with Crippen molar-refractivity contribution in [2.45, 2.75) is 58.5 Å². The van der Waals surface area contributed by atoms with E-state index in [4.69, 9.17) is 0 Å². The van der Waals surface area contributed by atoms with E-state index in [1.807, 2.05) is 0 Å². The molecule has 1 N–H and O–H groups in total. The number of halogens is 1. The molecule has 0 saturated heterocycles. The Morgan fingerprint density at radius 2 is 2.12 bits per heavy atom. The third kappa shape index (κ3) is 3.50. The number of hydrogen-bond donors (Lipinski definition) is 1. The van der Waals surface area contributed by atoms with Gasteiger partial charge < -0.3 is 9.84 Å². The molecule has 0 aromatic heterocycles. The molecule has 3 nitrogen and oxygen atoms in total. The Bertz CT molecular complexity index is 705. The van der Waals surface area contributed by atoms with Crippen molar-refractivity contribution in [1.82, 2.24) is 0 Å². The number of carbonyl (C=O) groups excluding carboxylic acids is 1. The summed E-state index contributed by atoms with van der Waals surface area (Å²) in [6.07, 6.45) is 5.75. The number of ether oxygens (including phenoxy) is 1. The average molecular weight is 346 g/mol. The first-order valence-corrected chi connectivity index (χ1v) is 9.10. The number of allylic oxidation sites excluding steroid dienone is 2. The van der Waals surface area contributed by atoms with Crippen molar-refractivity contribution in [3.05, 3.63) is 46.3 Å². The summed E-state index contributed by atoms with van der Waals surface area (Å²) in [4.78, 5) is 11.5. The summed E-state index contributed by atoms with van der Waals surface area (Å²) < 4.78 is 18.8. The summed E-state index contributed by atoms with van der Waals surface area (Å²) in [7, 11) is 1.23. The van der Waals surface area contributed by atoms with Crippen molar-refractivity contribution < 1.29 is 19.0 Å². The molecule has 4 heteroatoms. The quantitative estimate of drug-likeness (QED) is 0.622. The summed E-state index contributed by atoms with van der Waals surface area (Å²) in [6.45, 7) is 4.59. The summed E-state index contributed by atoms with van der Waals surface area (Å²) in [5.74, 6) is -1.24. The van der Waals surface area contributed by atoms with Gasteiger partial charge in [0.2, 0.25) is 0 Å². The molecule has 136 valence electrons. The minimum atomic E-state index is -0.715. The van der Waals surface area contributed by atoms with Gasteiger partial charge in [-0.1, -0.05) is 31.1 Å². The van der Waals surface area contributed by atoms with Gasteiger partial charge in [0, 0.05) is 0 Å². The lowest BCUT2D eigenvalue weighted by Crippen LogP contribution is -2.28. The third-order valence-corrected chi connectivity index (χ3v) is 5.99. The summed E-state index contributed by atoms with van der Waals surface area (Å²) in [6, 6.07) is 4.31. The number of rotatable bonds is 3. The molecule has 0 spiro atoms. The maximum atomic E-state index is 14.2. The van der Waals surface area contributed by atoms with Crippen molar-refractivity contribution in [3.63, 3.8) is 0 Å². The number of hydrogen-bond acceptors (Lipinski definition) is 3. The Balaban J connectivity index is 1.80. The molecule has 2 unspecified atom stereocenters. The zero-order valence-electron chi connectivity index (χ0n) is 15.3. The van der Waals surface area contributed by atoms with E-state index in [1.54, 1.807) is 11.6 Å². The Hall–Kier alpha value is -1.68. The Morgan fingerprint density at radius 3 is 2.80 bits per heavy atom. The highest BCUT2D eigenvalue weighted by Gasteiger charge is 2.36. The zero-order valence-corrected chi connectivity index (χ0v) is 15.3. The van der Waals surface area contributed by atoms with Gasteiger partial charge >= 0.3 is 5.97 Å². The van der Waals surface area contributed by atoms with E-state index < -0.39 is 17.9 Å². The molecule has 0 radical (unpaired) electrons. The Labute approximate surface area is 148 Å². The molecular formula is C21H27FO3. The normalized spacial score (nSPS) is 23.8. The van der Waals surface area contributed by atoms with E-state index in [1.165, 1.54) is 44.1 Å². The van der Waals surface area contributed by atoms with Crippen LogP contribution in [-0.2, 0) is 4.74 Å². The minimum Gasteiger partial charge on any atom is -0.465 e. The van der Waals surface area contributed by atoms with Crippen molar-refractivity contribution >= 4 is 5.97 Å². The molecular weight excluding hydrogens is 319 g/mol.